The fraction of sp³-hybridized carbons (Fsp3) is 0.412. The Balaban J connectivity index is 1.71. The second kappa shape index (κ2) is 6.76. The molecule has 1 aliphatic heterocycles. The number of piperidine rings is 1. The van der Waals surface area contributed by atoms with Gasteiger partial charge < -0.3 is 10.6 Å². The van der Waals surface area contributed by atoms with Crippen LogP contribution in [0.3, 0.4) is 0 Å². The molecule has 0 bridgehead atoms. The number of carbonyl (C=O) groups excluding carboxylic acids is 1. The van der Waals surface area contributed by atoms with Crippen LogP contribution in [0.2, 0.25) is 0 Å². The lowest BCUT2D eigenvalue weighted by molar-refractivity contribution is 0.0685. The summed E-state index contributed by atoms with van der Waals surface area (Å²) in [7, 11) is 0. The summed E-state index contributed by atoms with van der Waals surface area (Å²) in [4.78, 5) is 19.2. The van der Waals surface area contributed by atoms with Crippen LogP contribution < -0.4 is 5.73 Å². The summed E-state index contributed by atoms with van der Waals surface area (Å²) >= 11 is 1.24. The van der Waals surface area contributed by atoms with Crippen molar-refractivity contribution in [2.24, 2.45) is 11.7 Å². The van der Waals surface area contributed by atoms with Gasteiger partial charge >= 0.3 is 0 Å². The fourth-order valence-corrected chi connectivity index (χ4v) is 3.83. The van der Waals surface area contributed by atoms with Crippen LogP contribution in [0.1, 0.15) is 29.4 Å². The Hall–Kier alpha value is -1.79. The highest BCUT2D eigenvalue weighted by molar-refractivity contribution is 7.16. The van der Waals surface area contributed by atoms with E-state index in [2.05, 4.69) is 4.98 Å². The molecule has 1 aliphatic rings. The third kappa shape index (κ3) is 3.43. The highest BCUT2D eigenvalue weighted by Gasteiger charge is 2.26. The van der Waals surface area contributed by atoms with Gasteiger partial charge in [-0.1, -0.05) is 12.1 Å². The molecular weight excluding hydrogens is 313 g/mol. The van der Waals surface area contributed by atoms with Crippen LogP contribution in [-0.2, 0) is 0 Å². The van der Waals surface area contributed by atoms with Crippen LogP contribution in [0.15, 0.2) is 30.5 Å². The summed E-state index contributed by atoms with van der Waals surface area (Å²) in [5, 5.41) is 0.539. The molecule has 2 N–H and O–H groups in total. The SMILES string of the molecule is CC(N)C1CCN(C(=O)c2cnc(-c3ccccc3F)s2)CC1. The monoisotopic (exact) mass is 333 g/mol. The van der Waals surface area contributed by atoms with E-state index in [1.165, 1.54) is 17.4 Å². The first-order valence-corrected chi connectivity index (χ1v) is 8.63. The molecular formula is C17H20FN3OS. The molecule has 4 nitrogen and oxygen atoms in total. The van der Waals surface area contributed by atoms with E-state index >= 15 is 0 Å². The Morgan fingerprint density at radius 2 is 2.09 bits per heavy atom. The molecule has 2 aromatic rings. The van der Waals surface area contributed by atoms with Crippen LogP contribution in [0.25, 0.3) is 10.6 Å². The maximum absolute atomic E-state index is 13.8. The van der Waals surface area contributed by atoms with E-state index in [0.717, 1.165) is 25.9 Å². The van der Waals surface area contributed by atoms with Crippen LogP contribution >= 0.6 is 11.3 Å². The van der Waals surface area contributed by atoms with Crippen molar-refractivity contribution in [3.05, 3.63) is 41.2 Å². The van der Waals surface area contributed by atoms with Gasteiger partial charge in [-0.2, -0.15) is 0 Å². The molecule has 122 valence electrons. The van der Waals surface area contributed by atoms with E-state index in [1.807, 2.05) is 11.8 Å². The number of aromatic nitrogens is 1. The van der Waals surface area contributed by atoms with Gasteiger partial charge in [-0.25, -0.2) is 9.37 Å². The van der Waals surface area contributed by atoms with Gasteiger partial charge in [0, 0.05) is 24.7 Å². The lowest BCUT2D eigenvalue weighted by atomic mass is 9.91. The minimum Gasteiger partial charge on any atom is -0.338 e. The van der Waals surface area contributed by atoms with E-state index in [9.17, 15) is 9.18 Å². The number of thiazole rings is 1. The summed E-state index contributed by atoms with van der Waals surface area (Å²) in [6, 6.07) is 6.65. The van der Waals surface area contributed by atoms with E-state index in [0.29, 0.717) is 21.4 Å². The number of rotatable bonds is 3. The quantitative estimate of drug-likeness (QED) is 0.939. The molecule has 0 aliphatic carbocycles. The Morgan fingerprint density at radius 1 is 1.39 bits per heavy atom. The summed E-state index contributed by atoms with van der Waals surface area (Å²) in [6.45, 7) is 3.46. The van der Waals surface area contributed by atoms with Gasteiger partial charge in [-0.15, -0.1) is 11.3 Å². The van der Waals surface area contributed by atoms with Crippen molar-refractivity contribution in [2.75, 3.05) is 13.1 Å². The molecule has 1 amide bonds. The van der Waals surface area contributed by atoms with Crippen molar-refractivity contribution < 1.29 is 9.18 Å². The minimum absolute atomic E-state index is 0.0202. The highest BCUT2D eigenvalue weighted by atomic mass is 32.1. The number of nitrogens with two attached hydrogens (primary N) is 1. The third-order valence-corrected chi connectivity index (χ3v) is 5.41. The normalized spacial score (nSPS) is 17.3. The zero-order valence-electron chi connectivity index (χ0n) is 13.0. The molecule has 0 saturated carbocycles. The van der Waals surface area contributed by atoms with Gasteiger partial charge in [0.1, 0.15) is 15.7 Å². The second-order valence-electron chi connectivity index (χ2n) is 6.00. The van der Waals surface area contributed by atoms with Gasteiger partial charge in [-0.05, 0) is 37.8 Å². The molecule has 0 radical (unpaired) electrons. The molecule has 0 spiro atoms. The molecule has 2 heterocycles. The molecule has 1 fully saturated rings. The average molecular weight is 333 g/mol. The van der Waals surface area contributed by atoms with Gasteiger partial charge in [0.25, 0.3) is 5.91 Å². The number of hydrogen-bond donors (Lipinski definition) is 1. The Kier molecular flexibility index (Phi) is 4.73. The number of halogens is 1. The van der Waals surface area contributed by atoms with E-state index in [-0.39, 0.29) is 17.8 Å². The Labute approximate surface area is 139 Å². The maximum Gasteiger partial charge on any atom is 0.265 e. The van der Waals surface area contributed by atoms with Crippen LogP contribution in [0, 0.1) is 11.7 Å². The average Bonchev–Trinajstić information content (AvgIpc) is 3.04. The van der Waals surface area contributed by atoms with E-state index in [1.54, 1.807) is 24.4 Å². The van der Waals surface area contributed by atoms with Crippen molar-refractivity contribution >= 4 is 17.2 Å². The molecule has 1 aromatic carbocycles. The summed E-state index contributed by atoms with van der Waals surface area (Å²) in [6.07, 6.45) is 3.41. The first-order valence-electron chi connectivity index (χ1n) is 7.82. The molecule has 3 rings (SSSR count). The number of amides is 1. The molecule has 1 unspecified atom stereocenters. The summed E-state index contributed by atoms with van der Waals surface area (Å²) < 4.78 is 13.8. The van der Waals surface area contributed by atoms with Crippen LogP contribution in [0.5, 0.6) is 0 Å². The zero-order valence-corrected chi connectivity index (χ0v) is 13.9. The van der Waals surface area contributed by atoms with Crippen molar-refractivity contribution in [3.8, 4) is 10.6 Å². The van der Waals surface area contributed by atoms with Crippen molar-refractivity contribution in [2.45, 2.75) is 25.8 Å². The van der Waals surface area contributed by atoms with E-state index in [4.69, 9.17) is 5.73 Å². The number of benzene rings is 1. The van der Waals surface area contributed by atoms with Gasteiger partial charge in [-0.3, -0.25) is 4.79 Å². The third-order valence-electron chi connectivity index (χ3n) is 4.39. The van der Waals surface area contributed by atoms with Crippen LogP contribution in [-0.4, -0.2) is 34.9 Å². The summed E-state index contributed by atoms with van der Waals surface area (Å²) in [5.41, 5.74) is 6.37. The number of carbonyl (C=O) groups is 1. The van der Waals surface area contributed by atoms with Crippen LogP contribution in [0.4, 0.5) is 4.39 Å². The molecule has 1 saturated heterocycles. The second-order valence-corrected chi connectivity index (χ2v) is 7.03. The largest absolute Gasteiger partial charge is 0.338 e. The smallest absolute Gasteiger partial charge is 0.265 e. The van der Waals surface area contributed by atoms with Gasteiger partial charge in [0.2, 0.25) is 0 Å². The van der Waals surface area contributed by atoms with Crippen molar-refractivity contribution in [1.29, 1.82) is 0 Å². The number of hydrogen-bond acceptors (Lipinski definition) is 4. The molecule has 1 atom stereocenters. The first kappa shape index (κ1) is 16.1. The topological polar surface area (TPSA) is 59.2 Å². The zero-order chi connectivity index (χ0) is 16.4. The maximum atomic E-state index is 13.8. The van der Waals surface area contributed by atoms with Crippen molar-refractivity contribution in [3.63, 3.8) is 0 Å². The molecule has 23 heavy (non-hydrogen) atoms. The highest BCUT2D eigenvalue weighted by Crippen LogP contribution is 2.29. The lowest BCUT2D eigenvalue weighted by Crippen LogP contribution is -2.42. The van der Waals surface area contributed by atoms with E-state index < -0.39 is 0 Å². The fourth-order valence-electron chi connectivity index (χ4n) is 2.92. The summed E-state index contributed by atoms with van der Waals surface area (Å²) in [5.74, 6) is 0.140. The Bertz CT molecular complexity index is 693. The van der Waals surface area contributed by atoms with Crippen molar-refractivity contribution in [1.82, 2.24) is 9.88 Å². The van der Waals surface area contributed by atoms with Gasteiger partial charge in [0.05, 0.1) is 6.20 Å². The number of likely N-dealkylation sites (tertiary alicyclic amines) is 1. The molecule has 1 aromatic heterocycles. The Morgan fingerprint density at radius 3 is 2.74 bits per heavy atom. The minimum atomic E-state index is -0.321. The number of nitrogens with zero attached hydrogens (tertiary/aromatic N) is 2. The first-order chi connectivity index (χ1) is 11.1. The predicted octanol–water partition coefficient (Wildman–Crippen LogP) is 3.15. The standard InChI is InChI=1S/C17H20FN3OS/c1-11(19)12-6-8-21(9-7-12)17(22)15-10-20-16(23-15)13-4-2-3-5-14(13)18/h2-5,10-12H,6-9,19H2,1H3. The predicted molar refractivity (Wildman–Crippen MR) is 89.8 cm³/mol. The lowest BCUT2D eigenvalue weighted by Gasteiger charge is -2.33. The van der Waals surface area contributed by atoms with Gasteiger partial charge in [0.15, 0.2) is 0 Å². The molecule has 6 heteroatoms.